The summed E-state index contributed by atoms with van der Waals surface area (Å²) in [6.07, 6.45) is 4.54. The van der Waals surface area contributed by atoms with Gasteiger partial charge in [-0.05, 0) is 25.0 Å². The Kier molecular flexibility index (Phi) is 5.34. The van der Waals surface area contributed by atoms with Gasteiger partial charge in [-0.3, -0.25) is 4.79 Å². The van der Waals surface area contributed by atoms with Crippen LogP contribution in [0, 0.1) is 0 Å². The molecule has 1 fully saturated rings. The van der Waals surface area contributed by atoms with E-state index >= 15 is 0 Å². The van der Waals surface area contributed by atoms with Crippen molar-refractivity contribution in [3.05, 3.63) is 28.2 Å². The molecule has 1 aliphatic heterocycles. The Balaban J connectivity index is 1.90. The fourth-order valence-corrected chi connectivity index (χ4v) is 2.47. The fraction of sp³-hybridized carbons (Fsp3) is 0.500. The quantitative estimate of drug-likeness (QED) is 0.850. The molecule has 0 N–H and O–H groups in total. The average Bonchev–Trinajstić information content (AvgIpc) is 2.68. The minimum atomic E-state index is 0.0120. The predicted octanol–water partition coefficient (Wildman–Crippen LogP) is 3.77. The lowest BCUT2D eigenvalue weighted by atomic mass is 10.2. The number of rotatable bonds is 3. The van der Waals surface area contributed by atoms with E-state index in [1.165, 1.54) is 12.8 Å². The molecule has 2 rings (SSSR count). The summed E-state index contributed by atoms with van der Waals surface area (Å²) in [5, 5.41) is 1.01. The number of benzene rings is 1. The van der Waals surface area contributed by atoms with Crippen LogP contribution in [-0.4, -0.2) is 30.5 Å². The van der Waals surface area contributed by atoms with Gasteiger partial charge in [-0.2, -0.15) is 0 Å². The third-order valence-electron chi connectivity index (χ3n) is 3.20. The second kappa shape index (κ2) is 7.01. The molecule has 0 unspecified atom stereocenters. The molecular formula is C14H17Cl2NO2. The van der Waals surface area contributed by atoms with Crippen LogP contribution >= 0.6 is 23.2 Å². The first-order chi connectivity index (χ1) is 9.16. The van der Waals surface area contributed by atoms with E-state index in [0.717, 1.165) is 25.9 Å². The van der Waals surface area contributed by atoms with Crippen LogP contribution in [-0.2, 0) is 4.79 Å². The number of amides is 1. The van der Waals surface area contributed by atoms with Gasteiger partial charge in [0.25, 0.3) is 5.91 Å². The summed E-state index contributed by atoms with van der Waals surface area (Å²) in [7, 11) is 0. The van der Waals surface area contributed by atoms with E-state index in [2.05, 4.69) is 0 Å². The number of carbonyl (C=O) groups excluding carboxylic acids is 1. The molecule has 19 heavy (non-hydrogen) atoms. The molecule has 0 spiro atoms. The standard InChI is InChI=1S/C14H17Cl2NO2/c15-11-5-6-12(16)13(9-11)19-10-14(18)17-7-3-1-2-4-8-17/h5-6,9H,1-4,7-8,10H2. The van der Waals surface area contributed by atoms with Gasteiger partial charge >= 0.3 is 0 Å². The molecule has 1 amide bonds. The summed E-state index contributed by atoms with van der Waals surface area (Å²) in [6.45, 7) is 1.66. The van der Waals surface area contributed by atoms with Gasteiger partial charge < -0.3 is 9.64 Å². The van der Waals surface area contributed by atoms with Crippen molar-refractivity contribution in [1.29, 1.82) is 0 Å². The first-order valence-corrected chi connectivity index (χ1v) is 7.28. The maximum Gasteiger partial charge on any atom is 0.260 e. The number of ether oxygens (including phenoxy) is 1. The molecule has 0 bridgehead atoms. The summed E-state index contributed by atoms with van der Waals surface area (Å²) >= 11 is 11.9. The monoisotopic (exact) mass is 301 g/mol. The Morgan fingerprint density at radius 2 is 1.84 bits per heavy atom. The van der Waals surface area contributed by atoms with Crippen molar-refractivity contribution in [2.75, 3.05) is 19.7 Å². The van der Waals surface area contributed by atoms with Crippen LogP contribution < -0.4 is 4.74 Å². The van der Waals surface area contributed by atoms with Gasteiger partial charge in [0.15, 0.2) is 6.61 Å². The summed E-state index contributed by atoms with van der Waals surface area (Å²) in [4.78, 5) is 13.9. The van der Waals surface area contributed by atoms with Crippen LogP contribution in [0.25, 0.3) is 0 Å². The highest BCUT2D eigenvalue weighted by molar-refractivity contribution is 6.34. The van der Waals surface area contributed by atoms with Gasteiger partial charge in [0.2, 0.25) is 0 Å². The Morgan fingerprint density at radius 1 is 1.16 bits per heavy atom. The van der Waals surface area contributed by atoms with E-state index in [0.29, 0.717) is 15.8 Å². The number of hydrogen-bond donors (Lipinski definition) is 0. The number of nitrogens with zero attached hydrogens (tertiary/aromatic N) is 1. The minimum absolute atomic E-state index is 0.0120. The van der Waals surface area contributed by atoms with Gasteiger partial charge in [0.05, 0.1) is 5.02 Å². The number of carbonyl (C=O) groups is 1. The van der Waals surface area contributed by atoms with Crippen LogP contribution in [0.4, 0.5) is 0 Å². The predicted molar refractivity (Wildman–Crippen MR) is 77.0 cm³/mol. The highest BCUT2D eigenvalue weighted by Gasteiger charge is 2.16. The van der Waals surface area contributed by atoms with E-state index < -0.39 is 0 Å². The lowest BCUT2D eigenvalue weighted by Crippen LogP contribution is -2.35. The first-order valence-electron chi connectivity index (χ1n) is 6.52. The van der Waals surface area contributed by atoms with Crippen molar-refractivity contribution in [2.24, 2.45) is 0 Å². The molecule has 3 nitrogen and oxygen atoms in total. The maximum atomic E-state index is 12.0. The van der Waals surface area contributed by atoms with Gasteiger partial charge in [-0.15, -0.1) is 0 Å². The van der Waals surface area contributed by atoms with Gasteiger partial charge in [-0.25, -0.2) is 0 Å². The van der Waals surface area contributed by atoms with Crippen LogP contribution in [0.5, 0.6) is 5.75 Å². The smallest absolute Gasteiger partial charge is 0.260 e. The summed E-state index contributed by atoms with van der Waals surface area (Å²) < 4.78 is 5.47. The molecule has 1 saturated heterocycles. The molecule has 0 radical (unpaired) electrons. The second-order valence-corrected chi connectivity index (χ2v) is 5.50. The van der Waals surface area contributed by atoms with E-state index in [9.17, 15) is 4.79 Å². The lowest BCUT2D eigenvalue weighted by molar-refractivity contribution is -0.133. The van der Waals surface area contributed by atoms with E-state index in [-0.39, 0.29) is 12.5 Å². The van der Waals surface area contributed by atoms with E-state index in [4.69, 9.17) is 27.9 Å². The molecule has 0 atom stereocenters. The topological polar surface area (TPSA) is 29.5 Å². The average molecular weight is 302 g/mol. The molecular weight excluding hydrogens is 285 g/mol. The molecule has 1 aromatic rings. The number of hydrogen-bond acceptors (Lipinski definition) is 2. The number of likely N-dealkylation sites (tertiary alicyclic amines) is 1. The highest BCUT2D eigenvalue weighted by Crippen LogP contribution is 2.27. The normalized spacial score (nSPS) is 16.0. The summed E-state index contributed by atoms with van der Waals surface area (Å²) in [5.74, 6) is 0.468. The van der Waals surface area contributed by atoms with Crippen molar-refractivity contribution in [3.8, 4) is 5.75 Å². The van der Waals surface area contributed by atoms with Gasteiger partial charge in [0, 0.05) is 24.2 Å². The molecule has 1 aromatic carbocycles. The van der Waals surface area contributed by atoms with Crippen LogP contribution in [0.3, 0.4) is 0 Å². The zero-order valence-corrected chi connectivity index (χ0v) is 12.2. The second-order valence-electron chi connectivity index (χ2n) is 4.66. The Morgan fingerprint density at radius 3 is 2.53 bits per heavy atom. The van der Waals surface area contributed by atoms with Crippen molar-refractivity contribution in [1.82, 2.24) is 4.90 Å². The molecule has 5 heteroatoms. The van der Waals surface area contributed by atoms with Crippen molar-refractivity contribution in [3.63, 3.8) is 0 Å². The molecule has 0 aromatic heterocycles. The molecule has 104 valence electrons. The van der Waals surface area contributed by atoms with E-state index in [1.54, 1.807) is 18.2 Å². The third kappa shape index (κ3) is 4.29. The summed E-state index contributed by atoms with van der Waals surface area (Å²) in [6, 6.07) is 4.97. The van der Waals surface area contributed by atoms with Crippen molar-refractivity contribution < 1.29 is 9.53 Å². The Labute approximate surface area is 123 Å². The van der Waals surface area contributed by atoms with Gasteiger partial charge in [-0.1, -0.05) is 36.0 Å². The Hall–Kier alpha value is -0.930. The van der Waals surface area contributed by atoms with Crippen LogP contribution in [0.2, 0.25) is 10.0 Å². The Bertz CT molecular complexity index is 443. The van der Waals surface area contributed by atoms with Crippen LogP contribution in [0.15, 0.2) is 18.2 Å². The molecule has 1 aliphatic rings. The minimum Gasteiger partial charge on any atom is -0.482 e. The fourth-order valence-electron chi connectivity index (χ4n) is 2.14. The van der Waals surface area contributed by atoms with Crippen LogP contribution in [0.1, 0.15) is 25.7 Å². The SMILES string of the molecule is O=C(COc1cc(Cl)ccc1Cl)N1CCCCCC1. The van der Waals surface area contributed by atoms with Crippen molar-refractivity contribution >= 4 is 29.1 Å². The molecule has 0 aliphatic carbocycles. The first kappa shape index (κ1) is 14.5. The van der Waals surface area contributed by atoms with Crippen molar-refractivity contribution in [2.45, 2.75) is 25.7 Å². The maximum absolute atomic E-state index is 12.0. The molecule has 1 heterocycles. The third-order valence-corrected chi connectivity index (χ3v) is 3.75. The lowest BCUT2D eigenvalue weighted by Gasteiger charge is -2.20. The zero-order valence-electron chi connectivity index (χ0n) is 10.7. The summed E-state index contributed by atoms with van der Waals surface area (Å²) in [5.41, 5.74) is 0. The van der Waals surface area contributed by atoms with Gasteiger partial charge in [0.1, 0.15) is 5.75 Å². The van der Waals surface area contributed by atoms with E-state index in [1.807, 2.05) is 4.90 Å². The number of halogens is 2. The highest BCUT2D eigenvalue weighted by atomic mass is 35.5. The molecule has 0 saturated carbocycles. The zero-order chi connectivity index (χ0) is 13.7. The largest absolute Gasteiger partial charge is 0.482 e.